The van der Waals surface area contributed by atoms with E-state index >= 15 is 0 Å². The zero-order chi connectivity index (χ0) is 15.7. The molecule has 2 rings (SSSR count). The van der Waals surface area contributed by atoms with Gasteiger partial charge < -0.3 is 5.11 Å². The van der Waals surface area contributed by atoms with Gasteiger partial charge in [-0.05, 0) is 37.8 Å². The van der Waals surface area contributed by atoms with E-state index in [0.29, 0.717) is 29.7 Å². The Morgan fingerprint density at radius 2 is 1.86 bits per heavy atom. The van der Waals surface area contributed by atoms with E-state index in [1.165, 1.54) is 4.31 Å². The van der Waals surface area contributed by atoms with Crippen molar-refractivity contribution in [2.24, 2.45) is 5.41 Å². The first-order chi connectivity index (χ1) is 9.83. The van der Waals surface area contributed by atoms with Crippen LogP contribution in [0.2, 0.25) is 0 Å². The van der Waals surface area contributed by atoms with Crippen molar-refractivity contribution in [3.05, 3.63) is 29.8 Å². The average molecular weight is 311 g/mol. The molecule has 0 bridgehead atoms. The minimum Gasteiger partial charge on any atom is -0.481 e. The minimum absolute atomic E-state index is 0.261. The van der Waals surface area contributed by atoms with E-state index in [1.807, 2.05) is 6.92 Å². The summed E-state index contributed by atoms with van der Waals surface area (Å²) in [6.45, 7) is 4.14. The number of aliphatic carboxylic acids is 1. The number of carboxylic acid groups (broad SMARTS) is 1. The summed E-state index contributed by atoms with van der Waals surface area (Å²) in [5, 5.41) is 9.37. The molecule has 0 aromatic heterocycles. The van der Waals surface area contributed by atoms with Crippen molar-refractivity contribution in [3.8, 4) is 0 Å². The van der Waals surface area contributed by atoms with Crippen molar-refractivity contribution in [3.63, 3.8) is 0 Å². The zero-order valence-corrected chi connectivity index (χ0v) is 13.2. The third-order valence-corrected chi connectivity index (χ3v) is 6.58. The highest BCUT2D eigenvalue weighted by Gasteiger charge is 2.42. The fraction of sp³-hybridized carbons (Fsp3) is 0.533. The summed E-state index contributed by atoms with van der Waals surface area (Å²) in [6, 6.07) is 6.88. The van der Waals surface area contributed by atoms with E-state index < -0.39 is 21.4 Å². The molecule has 0 saturated carbocycles. The van der Waals surface area contributed by atoms with Crippen LogP contribution >= 0.6 is 0 Å². The number of carboxylic acids is 1. The van der Waals surface area contributed by atoms with Crippen molar-refractivity contribution >= 4 is 16.0 Å². The topological polar surface area (TPSA) is 74.7 Å². The molecule has 1 heterocycles. The molecule has 1 saturated heterocycles. The molecule has 0 aliphatic carbocycles. The zero-order valence-electron chi connectivity index (χ0n) is 12.4. The molecular formula is C15H21NO4S. The number of sulfonamides is 1. The summed E-state index contributed by atoms with van der Waals surface area (Å²) in [5.74, 6) is -0.821. The molecule has 1 fully saturated rings. The first-order valence-corrected chi connectivity index (χ1v) is 8.57. The monoisotopic (exact) mass is 311 g/mol. The highest BCUT2D eigenvalue weighted by molar-refractivity contribution is 7.89. The van der Waals surface area contributed by atoms with Gasteiger partial charge in [0.05, 0.1) is 10.3 Å². The fourth-order valence-electron chi connectivity index (χ4n) is 2.86. The third kappa shape index (κ3) is 2.82. The first-order valence-electron chi connectivity index (χ1n) is 7.13. The van der Waals surface area contributed by atoms with Gasteiger partial charge in [0.25, 0.3) is 0 Å². The molecule has 0 spiro atoms. The molecule has 1 aromatic rings. The van der Waals surface area contributed by atoms with E-state index in [0.717, 1.165) is 0 Å². The van der Waals surface area contributed by atoms with Gasteiger partial charge in [-0.2, -0.15) is 4.31 Å². The van der Waals surface area contributed by atoms with Crippen LogP contribution in [0.15, 0.2) is 29.2 Å². The molecule has 6 heteroatoms. The Labute approximate surface area is 125 Å². The fourth-order valence-corrected chi connectivity index (χ4v) is 4.53. The predicted molar refractivity (Wildman–Crippen MR) is 79.5 cm³/mol. The van der Waals surface area contributed by atoms with Crippen molar-refractivity contribution in [2.75, 3.05) is 13.1 Å². The van der Waals surface area contributed by atoms with Crippen LogP contribution in [0.4, 0.5) is 0 Å². The van der Waals surface area contributed by atoms with Crippen LogP contribution < -0.4 is 0 Å². The molecular weight excluding hydrogens is 290 g/mol. The predicted octanol–water partition coefficient (Wildman–Crippen LogP) is 2.26. The SMILES string of the molecule is CCC1(C(=O)O)CCN(S(=O)(=O)c2ccccc2C)CC1. The lowest BCUT2D eigenvalue weighted by atomic mass is 9.77. The van der Waals surface area contributed by atoms with Crippen LogP contribution in [0, 0.1) is 12.3 Å². The minimum atomic E-state index is -3.54. The highest BCUT2D eigenvalue weighted by atomic mass is 32.2. The van der Waals surface area contributed by atoms with Gasteiger partial charge in [0.15, 0.2) is 0 Å². The van der Waals surface area contributed by atoms with Gasteiger partial charge in [0, 0.05) is 13.1 Å². The molecule has 0 amide bonds. The Morgan fingerprint density at radius 3 is 2.33 bits per heavy atom. The van der Waals surface area contributed by atoms with Gasteiger partial charge in [-0.3, -0.25) is 4.79 Å². The van der Waals surface area contributed by atoms with Crippen LogP contribution in [0.3, 0.4) is 0 Å². The van der Waals surface area contributed by atoms with Gasteiger partial charge in [-0.1, -0.05) is 25.1 Å². The standard InChI is InChI=1S/C15H21NO4S/c1-3-15(14(17)18)8-10-16(11-9-15)21(19,20)13-7-5-4-6-12(13)2/h4-7H,3,8-11H2,1-2H3,(H,17,18). The highest BCUT2D eigenvalue weighted by Crippen LogP contribution is 2.37. The first kappa shape index (κ1) is 16.0. The molecule has 1 N–H and O–H groups in total. The number of carbonyl (C=O) groups is 1. The van der Waals surface area contributed by atoms with Crippen LogP contribution in [-0.4, -0.2) is 36.9 Å². The van der Waals surface area contributed by atoms with Gasteiger partial charge in [-0.25, -0.2) is 8.42 Å². The molecule has 0 unspecified atom stereocenters. The van der Waals surface area contributed by atoms with Crippen LogP contribution in [-0.2, 0) is 14.8 Å². The Morgan fingerprint density at radius 1 is 1.29 bits per heavy atom. The van der Waals surface area contributed by atoms with Crippen LogP contribution in [0.5, 0.6) is 0 Å². The second-order valence-electron chi connectivity index (χ2n) is 5.61. The second-order valence-corrected chi connectivity index (χ2v) is 7.51. The molecule has 1 aliphatic heterocycles. The van der Waals surface area contributed by atoms with Crippen molar-refractivity contribution < 1.29 is 18.3 Å². The van der Waals surface area contributed by atoms with Gasteiger partial charge in [0.1, 0.15) is 0 Å². The number of nitrogens with zero attached hydrogens (tertiary/aromatic N) is 1. The van der Waals surface area contributed by atoms with Gasteiger partial charge in [-0.15, -0.1) is 0 Å². The van der Waals surface area contributed by atoms with E-state index in [1.54, 1.807) is 31.2 Å². The molecule has 0 atom stereocenters. The number of aryl methyl sites for hydroxylation is 1. The van der Waals surface area contributed by atoms with Gasteiger partial charge >= 0.3 is 5.97 Å². The van der Waals surface area contributed by atoms with E-state index in [9.17, 15) is 18.3 Å². The number of hydrogen-bond donors (Lipinski definition) is 1. The maximum atomic E-state index is 12.7. The molecule has 5 nitrogen and oxygen atoms in total. The Bertz CT molecular complexity index is 631. The lowest BCUT2D eigenvalue weighted by molar-refractivity contribution is -0.151. The number of piperidine rings is 1. The molecule has 116 valence electrons. The largest absolute Gasteiger partial charge is 0.481 e. The maximum absolute atomic E-state index is 12.7. The molecule has 1 aliphatic rings. The summed E-state index contributed by atoms with van der Waals surface area (Å²) in [6.07, 6.45) is 1.26. The molecule has 1 aromatic carbocycles. The maximum Gasteiger partial charge on any atom is 0.309 e. The van der Waals surface area contributed by atoms with Crippen molar-refractivity contribution in [1.29, 1.82) is 0 Å². The lowest BCUT2D eigenvalue weighted by Crippen LogP contribution is -2.46. The lowest BCUT2D eigenvalue weighted by Gasteiger charge is -2.37. The quantitative estimate of drug-likeness (QED) is 0.925. The Kier molecular flexibility index (Phi) is 4.39. The summed E-state index contributed by atoms with van der Waals surface area (Å²) in [4.78, 5) is 11.7. The average Bonchev–Trinajstić information content (AvgIpc) is 2.47. The molecule has 21 heavy (non-hydrogen) atoms. The van der Waals surface area contributed by atoms with E-state index in [2.05, 4.69) is 0 Å². The van der Waals surface area contributed by atoms with Crippen molar-refractivity contribution in [2.45, 2.75) is 38.0 Å². The summed E-state index contributed by atoms with van der Waals surface area (Å²) < 4.78 is 26.7. The summed E-state index contributed by atoms with van der Waals surface area (Å²) >= 11 is 0. The Hall–Kier alpha value is -1.40. The normalized spacial score (nSPS) is 19.3. The third-order valence-electron chi connectivity index (χ3n) is 4.52. The number of rotatable bonds is 4. The Balaban J connectivity index is 2.23. The summed E-state index contributed by atoms with van der Waals surface area (Å²) in [7, 11) is -3.54. The van der Waals surface area contributed by atoms with E-state index in [4.69, 9.17) is 0 Å². The molecule has 0 radical (unpaired) electrons. The second kappa shape index (κ2) is 5.77. The van der Waals surface area contributed by atoms with Gasteiger partial charge in [0.2, 0.25) is 10.0 Å². The smallest absolute Gasteiger partial charge is 0.309 e. The van der Waals surface area contributed by atoms with Crippen LogP contribution in [0.25, 0.3) is 0 Å². The van der Waals surface area contributed by atoms with Crippen LogP contribution in [0.1, 0.15) is 31.7 Å². The van der Waals surface area contributed by atoms with E-state index in [-0.39, 0.29) is 13.1 Å². The number of hydrogen-bond acceptors (Lipinski definition) is 3. The van der Waals surface area contributed by atoms with Crippen molar-refractivity contribution in [1.82, 2.24) is 4.31 Å². The summed E-state index contributed by atoms with van der Waals surface area (Å²) in [5.41, 5.74) is -0.0688. The number of benzene rings is 1.